The second-order valence-electron chi connectivity index (χ2n) is 4.91. The maximum atomic E-state index is 12.3. The summed E-state index contributed by atoms with van der Waals surface area (Å²) in [7, 11) is 3.90. The minimum Gasteiger partial charge on any atom is -0.493 e. The topological polar surface area (TPSA) is 72.5 Å². The molecule has 0 aromatic heterocycles. The van der Waals surface area contributed by atoms with E-state index in [0.29, 0.717) is 34.1 Å². The molecule has 1 N–H and O–H groups in total. The van der Waals surface area contributed by atoms with Gasteiger partial charge in [-0.2, -0.15) is 0 Å². The van der Waals surface area contributed by atoms with Gasteiger partial charge >= 0.3 is 0 Å². The molecular weight excluding hydrogens is 350 g/mol. The number of nitrogens with one attached hydrogen (secondary N) is 1. The maximum Gasteiger partial charge on any atom is 0.255 e. The van der Waals surface area contributed by atoms with E-state index in [9.17, 15) is 13.8 Å². The zero-order valence-electron chi connectivity index (χ0n) is 13.2. The molecular formula is C17H16ClNO4S. The molecule has 126 valence electrons. The Morgan fingerprint density at radius 1 is 1.12 bits per heavy atom. The van der Waals surface area contributed by atoms with Gasteiger partial charge in [0.15, 0.2) is 15.8 Å². The molecule has 0 unspecified atom stereocenters. The third kappa shape index (κ3) is 4.43. The van der Waals surface area contributed by atoms with E-state index in [1.807, 2.05) is 0 Å². The molecule has 7 heteroatoms. The van der Waals surface area contributed by atoms with Crippen molar-refractivity contribution in [3.8, 4) is 5.75 Å². The number of rotatable bonds is 6. The first kappa shape index (κ1) is 18.2. The number of ether oxygens (including phenoxy) is 1. The van der Waals surface area contributed by atoms with Gasteiger partial charge in [-0.3, -0.25) is 9.59 Å². The quantitative estimate of drug-likeness (QED) is 0.624. The highest BCUT2D eigenvalue weighted by Gasteiger charge is 2.13. The van der Waals surface area contributed by atoms with Crippen molar-refractivity contribution in [2.45, 2.75) is 18.7 Å². The number of benzene rings is 2. The lowest BCUT2D eigenvalue weighted by atomic mass is 10.1. The Bertz CT molecular complexity index is 790. The minimum absolute atomic E-state index is 0.0669. The number of carbonyl (C=O) groups is 2. The van der Waals surface area contributed by atoms with Gasteiger partial charge in [0.1, 0.15) is 5.75 Å². The van der Waals surface area contributed by atoms with Gasteiger partial charge in [-0.15, -0.1) is 0 Å². The van der Waals surface area contributed by atoms with Crippen LogP contribution in [-0.4, -0.2) is 22.5 Å². The highest BCUT2D eigenvalue weighted by atomic mass is 35.7. The highest BCUT2D eigenvalue weighted by Crippen LogP contribution is 2.28. The summed E-state index contributed by atoms with van der Waals surface area (Å²) in [5.74, 6) is -0.00193. The molecule has 2 aromatic carbocycles. The molecule has 0 fully saturated rings. The molecule has 1 amide bonds. The van der Waals surface area contributed by atoms with Crippen LogP contribution in [0.25, 0.3) is 0 Å². The van der Waals surface area contributed by atoms with Crippen LogP contribution in [0.5, 0.6) is 5.75 Å². The molecule has 2 aromatic rings. The predicted octanol–water partition coefficient (Wildman–Crippen LogP) is 3.80. The number of ketones is 1. The molecule has 0 heterocycles. The molecule has 5 nitrogen and oxygen atoms in total. The van der Waals surface area contributed by atoms with Crippen molar-refractivity contribution in [2.75, 3.05) is 11.9 Å². The second-order valence-corrected chi connectivity index (χ2v) is 6.63. The van der Waals surface area contributed by atoms with Gasteiger partial charge in [-0.1, -0.05) is 12.1 Å². The Morgan fingerprint density at radius 2 is 1.75 bits per heavy atom. The van der Waals surface area contributed by atoms with Crippen LogP contribution in [0.2, 0.25) is 0 Å². The largest absolute Gasteiger partial charge is 0.493 e. The average molecular weight is 366 g/mol. The fourth-order valence-corrected chi connectivity index (χ4v) is 2.91. The van der Waals surface area contributed by atoms with Gasteiger partial charge in [-0.05, 0) is 54.9 Å². The monoisotopic (exact) mass is 365 g/mol. The van der Waals surface area contributed by atoms with Crippen molar-refractivity contribution < 1.29 is 18.5 Å². The van der Waals surface area contributed by atoms with Gasteiger partial charge in [0.05, 0.1) is 11.5 Å². The summed E-state index contributed by atoms with van der Waals surface area (Å²) in [6, 6.07) is 11.1. The number of carbonyl (C=O) groups excluding carboxylic acids is 2. The molecule has 0 aliphatic carbocycles. The summed E-state index contributed by atoms with van der Waals surface area (Å²) in [4.78, 5) is 23.8. The van der Waals surface area contributed by atoms with E-state index in [0.717, 1.165) is 0 Å². The average Bonchev–Trinajstić information content (AvgIpc) is 2.56. The molecule has 0 aliphatic rings. The zero-order valence-corrected chi connectivity index (χ0v) is 14.7. The SMILES string of the molecule is CCOc1ccc(NC(=O)c2ccc(C(C)=O)cc2)cc1[S@@](=O)Cl. The summed E-state index contributed by atoms with van der Waals surface area (Å²) in [6.07, 6.45) is 0. The first-order valence-electron chi connectivity index (χ1n) is 7.19. The fourth-order valence-electron chi connectivity index (χ4n) is 2.05. The maximum absolute atomic E-state index is 12.3. The van der Waals surface area contributed by atoms with Crippen LogP contribution in [0.3, 0.4) is 0 Å². The van der Waals surface area contributed by atoms with E-state index in [2.05, 4.69) is 5.32 Å². The normalized spacial score (nSPS) is 11.6. The first-order valence-corrected chi connectivity index (χ1v) is 9.17. The molecule has 2 rings (SSSR count). The van der Waals surface area contributed by atoms with Crippen LogP contribution in [-0.2, 0) is 10.0 Å². The molecule has 0 aliphatic heterocycles. The number of hydrogen-bond acceptors (Lipinski definition) is 4. The van der Waals surface area contributed by atoms with Crippen molar-refractivity contribution in [3.05, 3.63) is 53.6 Å². The lowest BCUT2D eigenvalue weighted by Crippen LogP contribution is -2.12. The summed E-state index contributed by atoms with van der Waals surface area (Å²) in [5.41, 5.74) is 1.39. The number of halogens is 1. The number of anilines is 1. The van der Waals surface area contributed by atoms with Crippen molar-refractivity contribution in [1.29, 1.82) is 0 Å². The van der Waals surface area contributed by atoms with Crippen LogP contribution in [0.4, 0.5) is 5.69 Å². The zero-order chi connectivity index (χ0) is 17.7. The molecule has 1 atom stereocenters. The molecule has 0 spiro atoms. The standard InChI is InChI=1S/C17H16ClNO4S/c1-3-23-15-9-8-14(10-16(15)24(18)22)19-17(21)13-6-4-12(5-7-13)11(2)20/h4-10H,3H2,1-2H3,(H,19,21)/t24-/m1/s1. The van der Waals surface area contributed by atoms with Gasteiger partial charge in [0, 0.05) is 16.8 Å². The van der Waals surface area contributed by atoms with Crippen LogP contribution in [0, 0.1) is 0 Å². The van der Waals surface area contributed by atoms with Crippen LogP contribution in [0.1, 0.15) is 34.6 Å². The van der Waals surface area contributed by atoms with Crippen molar-refractivity contribution in [2.24, 2.45) is 0 Å². The third-order valence-electron chi connectivity index (χ3n) is 3.23. The lowest BCUT2D eigenvalue weighted by Gasteiger charge is -2.11. The van der Waals surface area contributed by atoms with Crippen LogP contribution in [0.15, 0.2) is 47.4 Å². The number of Topliss-reactive ketones (excluding diaryl/α,β-unsaturated/α-hetero) is 1. The smallest absolute Gasteiger partial charge is 0.255 e. The summed E-state index contributed by atoms with van der Waals surface area (Å²) in [6.45, 7) is 3.68. The van der Waals surface area contributed by atoms with Gasteiger partial charge < -0.3 is 10.1 Å². The van der Waals surface area contributed by atoms with E-state index in [4.69, 9.17) is 15.4 Å². The first-order chi connectivity index (χ1) is 11.4. The van der Waals surface area contributed by atoms with Crippen molar-refractivity contribution in [1.82, 2.24) is 0 Å². The highest BCUT2D eigenvalue weighted by molar-refractivity contribution is 8.08. The summed E-state index contributed by atoms with van der Waals surface area (Å²) >= 11 is 0. The molecule has 0 radical (unpaired) electrons. The second kappa shape index (κ2) is 8.08. The minimum atomic E-state index is -1.76. The lowest BCUT2D eigenvalue weighted by molar-refractivity contribution is 0.100. The molecule has 0 bridgehead atoms. The van der Waals surface area contributed by atoms with E-state index in [1.165, 1.54) is 13.0 Å². The van der Waals surface area contributed by atoms with Crippen LogP contribution < -0.4 is 10.1 Å². The summed E-state index contributed by atoms with van der Waals surface area (Å²) in [5, 5.41) is 2.70. The third-order valence-corrected chi connectivity index (χ3v) is 4.39. The Labute approximate surface area is 146 Å². The van der Waals surface area contributed by atoms with E-state index >= 15 is 0 Å². The van der Waals surface area contributed by atoms with Gasteiger partial charge in [-0.25, -0.2) is 4.21 Å². The van der Waals surface area contributed by atoms with E-state index in [-0.39, 0.29) is 11.7 Å². The van der Waals surface area contributed by atoms with E-state index < -0.39 is 10.0 Å². The number of hydrogen-bond donors (Lipinski definition) is 1. The van der Waals surface area contributed by atoms with E-state index in [1.54, 1.807) is 43.3 Å². The predicted molar refractivity (Wildman–Crippen MR) is 94.3 cm³/mol. The number of amides is 1. The molecule has 24 heavy (non-hydrogen) atoms. The van der Waals surface area contributed by atoms with Gasteiger partial charge in [0.2, 0.25) is 0 Å². The fraction of sp³-hybridized carbons (Fsp3) is 0.176. The van der Waals surface area contributed by atoms with Crippen molar-refractivity contribution in [3.63, 3.8) is 0 Å². The Balaban J connectivity index is 2.20. The molecule has 0 saturated carbocycles. The molecule has 0 saturated heterocycles. The van der Waals surface area contributed by atoms with Crippen LogP contribution >= 0.6 is 10.7 Å². The Morgan fingerprint density at radius 3 is 2.29 bits per heavy atom. The Kier molecular flexibility index (Phi) is 6.11. The Hall–Kier alpha value is -2.18. The van der Waals surface area contributed by atoms with Gasteiger partial charge in [0.25, 0.3) is 5.91 Å². The van der Waals surface area contributed by atoms with Crippen molar-refractivity contribution >= 4 is 38.1 Å². The summed E-state index contributed by atoms with van der Waals surface area (Å²) < 4.78 is 17.0.